The van der Waals surface area contributed by atoms with Crippen LogP contribution in [0.3, 0.4) is 0 Å². The van der Waals surface area contributed by atoms with Crippen LogP contribution in [0.2, 0.25) is 0 Å². The van der Waals surface area contributed by atoms with Gasteiger partial charge in [-0.05, 0) is 42.8 Å². The number of nitrogens with one attached hydrogen (secondary N) is 1. The number of hydrogen-bond donors (Lipinski definition) is 1. The quantitative estimate of drug-likeness (QED) is 0.321. The van der Waals surface area contributed by atoms with Crippen LogP contribution in [0, 0.1) is 6.92 Å². The van der Waals surface area contributed by atoms with Crippen molar-refractivity contribution >= 4 is 44.6 Å². The number of carbonyl (C=O) groups is 1. The average molecular weight is 529 g/mol. The number of amides is 1. The van der Waals surface area contributed by atoms with Gasteiger partial charge in [0.2, 0.25) is 0 Å². The number of para-hydroxylation sites is 1. The zero-order chi connectivity index (χ0) is 25.2. The molecule has 1 aromatic carbocycles. The molecule has 1 amide bonds. The van der Waals surface area contributed by atoms with Crippen LogP contribution in [0.25, 0.3) is 31.5 Å². The standard InChI is InChI=1S/C27H24N6O2S2/c1-17-23(36-25(30-17)19-5-4-8-28-15-19)24(34)31-21-7-3-2-6-20(21)26-32-22-13-18(14-29-27(22)37-26)16-33-9-11-35-12-10-33/h2-8,13-15H,9-12,16H2,1H3,(H,31,34). The molecule has 6 rings (SSSR count). The molecule has 1 N–H and O–H groups in total. The van der Waals surface area contributed by atoms with Crippen LogP contribution < -0.4 is 5.32 Å². The van der Waals surface area contributed by atoms with Crippen molar-refractivity contribution in [2.24, 2.45) is 0 Å². The predicted molar refractivity (Wildman–Crippen MR) is 147 cm³/mol. The first-order valence-electron chi connectivity index (χ1n) is 12.0. The lowest BCUT2D eigenvalue weighted by Gasteiger charge is -2.26. The second kappa shape index (κ2) is 10.4. The number of nitrogens with zero attached hydrogens (tertiary/aromatic N) is 5. The predicted octanol–water partition coefficient (Wildman–Crippen LogP) is 5.27. The molecule has 0 bridgehead atoms. The Morgan fingerprint density at radius 3 is 2.76 bits per heavy atom. The second-order valence-electron chi connectivity index (χ2n) is 8.75. The van der Waals surface area contributed by atoms with Crippen LogP contribution in [-0.4, -0.2) is 57.0 Å². The van der Waals surface area contributed by atoms with Crippen LogP contribution in [-0.2, 0) is 11.3 Å². The van der Waals surface area contributed by atoms with Gasteiger partial charge in [-0.3, -0.25) is 14.7 Å². The highest BCUT2D eigenvalue weighted by Crippen LogP contribution is 2.35. The molecule has 10 heteroatoms. The lowest BCUT2D eigenvalue weighted by atomic mass is 10.2. The largest absolute Gasteiger partial charge is 0.379 e. The molecule has 1 aliphatic heterocycles. The minimum absolute atomic E-state index is 0.190. The summed E-state index contributed by atoms with van der Waals surface area (Å²) in [5.41, 5.74) is 5.16. The number of aromatic nitrogens is 4. The number of aryl methyl sites for hydroxylation is 1. The second-order valence-corrected chi connectivity index (χ2v) is 10.7. The summed E-state index contributed by atoms with van der Waals surface area (Å²) in [5.74, 6) is -0.190. The number of hydrogen-bond acceptors (Lipinski definition) is 9. The number of ether oxygens (including phenoxy) is 1. The summed E-state index contributed by atoms with van der Waals surface area (Å²) >= 11 is 2.89. The highest BCUT2D eigenvalue weighted by Gasteiger charge is 2.19. The molecule has 0 spiro atoms. The average Bonchev–Trinajstić information content (AvgIpc) is 3.53. The summed E-state index contributed by atoms with van der Waals surface area (Å²) in [6.07, 6.45) is 5.40. The zero-order valence-electron chi connectivity index (χ0n) is 20.2. The van der Waals surface area contributed by atoms with Gasteiger partial charge in [-0.15, -0.1) is 11.3 Å². The van der Waals surface area contributed by atoms with Gasteiger partial charge in [0.25, 0.3) is 5.91 Å². The Bertz CT molecular complexity index is 1560. The minimum atomic E-state index is -0.190. The van der Waals surface area contributed by atoms with E-state index in [4.69, 9.17) is 9.72 Å². The van der Waals surface area contributed by atoms with E-state index in [2.05, 4.69) is 31.2 Å². The normalized spacial score (nSPS) is 14.2. The minimum Gasteiger partial charge on any atom is -0.379 e. The van der Waals surface area contributed by atoms with E-state index >= 15 is 0 Å². The molecule has 1 saturated heterocycles. The fraction of sp³-hybridized carbons (Fsp3) is 0.222. The van der Waals surface area contributed by atoms with Gasteiger partial charge in [-0.25, -0.2) is 15.0 Å². The third kappa shape index (κ3) is 5.14. The molecule has 4 aromatic heterocycles. The first-order valence-corrected chi connectivity index (χ1v) is 13.6. The van der Waals surface area contributed by atoms with Crippen molar-refractivity contribution in [1.82, 2.24) is 24.8 Å². The van der Waals surface area contributed by atoms with E-state index in [0.717, 1.165) is 69.9 Å². The van der Waals surface area contributed by atoms with Crippen molar-refractivity contribution in [1.29, 1.82) is 0 Å². The van der Waals surface area contributed by atoms with E-state index in [9.17, 15) is 4.79 Å². The van der Waals surface area contributed by atoms with Crippen molar-refractivity contribution in [3.05, 3.63) is 77.2 Å². The number of fused-ring (bicyclic) bond motifs is 1. The lowest BCUT2D eigenvalue weighted by Crippen LogP contribution is -2.35. The highest BCUT2D eigenvalue weighted by molar-refractivity contribution is 7.21. The molecule has 186 valence electrons. The smallest absolute Gasteiger partial charge is 0.267 e. The van der Waals surface area contributed by atoms with Crippen LogP contribution in [0.15, 0.2) is 61.1 Å². The number of benzene rings is 1. The van der Waals surface area contributed by atoms with Crippen molar-refractivity contribution in [2.45, 2.75) is 13.5 Å². The van der Waals surface area contributed by atoms with E-state index in [1.807, 2.05) is 49.5 Å². The van der Waals surface area contributed by atoms with Gasteiger partial charge >= 0.3 is 0 Å². The maximum absolute atomic E-state index is 13.3. The molecule has 0 saturated carbocycles. The van der Waals surface area contributed by atoms with Crippen LogP contribution >= 0.6 is 22.7 Å². The number of rotatable bonds is 6. The maximum Gasteiger partial charge on any atom is 0.267 e. The van der Waals surface area contributed by atoms with E-state index in [0.29, 0.717) is 16.3 Å². The maximum atomic E-state index is 13.3. The lowest BCUT2D eigenvalue weighted by molar-refractivity contribution is 0.0341. The van der Waals surface area contributed by atoms with Crippen molar-refractivity contribution in [3.63, 3.8) is 0 Å². The Hall–Kier alpha value is -3.57. The van der Waals surface area contributed by atoms with Gasteiger partial charge in [0.05, 0.1) is 24.6 Å². The Balaban J connectivity index is 1.25. The highest BCUT2D eigenvalue weighted by atomic mass is 32.1. The molecule has 5 aromatic rings. The third-order valence-electron chi connectivity index (χ3n) is 6.13. The molecule has 0 atom stereocenters. The van der Waals surface area contributed by atoms with Gasteiger partial charge < -0.3 is 10.1 Å². The van der Waals surface area contributed by atoms with Gasteiger partial charge in [0.15, 0.2) is 0 Å². The summed E-state index contributed by atoms with van der Waals surface area (Å²) < 4.78 is 5.45. The van der Waals surface area contributed by atoms with Crippen LogP contribution in [0.4, 0.5) is 5.69 Å². The summed E-state index contributed by atoms with van der Waals surface area (Å²) in [6, 6.07) is 13.6. The Kier molecular flexibility index (Phi) is 6.71. The van der Waals surface area contributed by atoms with Crippen molar-refractivity contribution < 1.29 is 9.53 Å². The van der Waals surface area contributed by atoms with Gasteiger partial charge in [-0.2, -0.15) is 0 Å². The number of carbonyl (C=O) groups excluding carboxylic acids is 1. The number of pyridine rings is 2. The molecule has 0 aliphatic carbocycles. The van der Waals surface area contributed by atoms with Gasteiger partial charge in [0, 0.05) is 49.4 Å². The van der Waals surface area contributed by atoms with E-state index in [-0.39, 0.29) is 5.91 Å². The molecule has 5 heterocycles. The van der Waals surface area contributed by atoms with E-state index in [1.165, 1.54) is 22.7 Å². The Morgan fingerprint density at radius 2 is 1.92 bits per heavy atom. The Labute approximate surface area is 222 Å². The molecule has 0 unspecified atom stereocenters. The Morgan fingerprint density at radius 1 is 1.05 bits per heavy atom. The van der Waals surface area contributed by atoms with E-state index < -0.39 is 0 Å². The molecule has 1 fully saturated rings. The summed E-state index contributed by atoms with van der Waals surface area (Å²) in [7, 11) is 0. The van der Waals surface area contributed by atoms with Crippen LogP contribution in [0.1, 0.15) is 20.9 Å². The third-order valence-corrected chi connectivity index (χ3v) is 8.35. The number of morpholine rings is 1. The van der Waals surface area contributed by atoms with Crippen LogP contribution in [0.5, 0.6) is 0 Å². The number of anilines is 1. The summed E-state index contributed by atoms with van der Waals surface area (Å²) in [6.45, 7) is 6.08. The molecular weight excluding hydrogens is 504 g/mol. The first kappa shape index (κ1) is 23.8. The SMILES string of the molecule is Cc1nc(-c2cccnc2)sc1C(=O)Nc1ccccc1-c1nc2cc(CN3CCOCC3)cnc2s1. The van der Waals surface area contributed by atoms with Gasteiger partial charge in [-0.1, -0.05) is 23.5 Å². The van der Waals surface area contributed by atoms with Gasteiger partial charge in [0.1, 0.15) is 25.2 Å². The fourth-order valence-electron chi connectivity index (χ4n) is 4.26. The van der Waals surface area contributed by atoms with E-state index in [1.54, 1.807) is 12.4 Å². The number of thiazole rings is 2. The zero-order valence-corrected chi connectivity index (χ0v) is 21.8. The summed E-state index contributed by atoms with van der Waals surface area (Å²) in [5, 5.41) is 4.68. The monoisotopic (exact) mass is 528 g/mol. The topological polar surface area (TPSA) is 93.1 Å². The van der Waals surface area contributed by atoms with Crippen molar-refractivity contribution in [3.8, 4) is 21.1 Å². The fourth-order valence-corrected chi connectivity index (χ4v) is 6.14. The molecular formula is C27H24N6O2S2. The first-order chi connectivity index (χ1) is 18.1. The molecule has 0 radical (unpaired) electrons. The van der Waals surface area contributed by atoms with Crippen molar-refractivity contribution in [2.75, 3.05) is 31.6 Å². The molecule has 1 aliphatic rings. The molecule has 37 heavy (non-hydrogen) atoms. The summed E-state index contributed by atoms with van der Waals surface area (Å²) in [4.78, 5) is 35.4. The molecule has 8 nitrogen and oxygen atoms in total.